The number of ether oxygens (including phenoxy) is 1. The molecule has 21 heavy (non-hydrogen) atoms. The molecular formula is C17H18N2O2. The average molecular weight is 282 g/mol. The molecule has 108 valence electrons. The molecule has 0 aromatic heterocycles. The maximum absolute atomic E-state index is 12.0. The van der Waals surface area contributed by atoms with Crippen LogP contribution in [0.4, 0.5) is 0 Å². The van der Waals surface area contributed by atoms with Gasteiger partial charge in [0.1, 0.15) is 5.75 Å². The maximum atomic E-state index is 12.0. The molecule has 0 atom stereocenters. The lowest BCUT2D eigenvalue weighted by Crippen LogP contribution is -2.19. The smallest absolute Gasteiger partial charge is 0.271 e. The monoisotopic (exact) mass is 282 g/mol. The van der Waals surface area contributed by atoms with E-state index in [1.54, 1.807) is 13.2 Å². The first kappa shape index (κ1) is 14.8. The SMILES string of the molecule is COc1cccc(C(C)=NNC(=O)c2cccc(C)c2)c1. The van der Waals surface area contributed by atoms with Gasteiger partial charge in [0.15, 0.2) is 0 Å². The van der Waals surface area contributed by atoms with Crippen molar-refractivity contribution in [2.24, 2.45) is 5.10 Å². The largest absolute Gasteiger partial charge is 0.497 e. The number of nitrogens with one attached hydrogen (secondary N) is 1. The van der Waals surface area contributed by atoms with Crippen LogP contribution in [0.1, 0.15) is 28.4 Å². The molecular weight excluding hydrogens is 264 g/mol. The van der Waals surface area contributed by atoms with Crippen LogP contribution in [-0.4, -0.2) is 18.7 Å². The highest BCUT2D eigenvalue weighted by atomic mass is 16.5. The third-order valence-corrected chi connectivity index (χ3v) is 3.09. The van der Waals surface area contributed by atoms with Gasteiger partial charge < -0.3 is 4.74 Å². The molecule has 2 aromatic carbocycles. The number of carbonyl (C=O) groups excluding carboxylic acids is 1. The summed E-state index contributed by atoms with van der Waals surface area (Å²) in [4.78, 5) is 12.0. The van der Waals surface area contributed by atoms with Crippen molar-refractivity contribution in [2.75, 3.05) is 7.11 Å². The van der Waals surface area contributed by atoms with Crippen LogP contribution in [0.25, 0.3) is 0 Å². The zero-order valence-corrected chi connectivity index (χ0v) is 12.4. The first-order chi connectivity index (χ1) is 10.1. The molecule has 0 radical (unpaired) electrons. The fourth-order valence-corrected chi connectivity index (χ4v) is 1.90. The van der Waals surface area contributed by atoms with Gasteiger partial charge in [-0.3, -0.25) is 4.79 Å². The van der Waals surface area contributed by atoms with E-state index in [9.17, 15) is 4.79 Å². The molecule has 0 fully saturated rings. The van der Waals surface area contributed by atoms with E-state index in [-0.39, 0.29) is 5.91 Å². The number of amides is 1. The molecule has 1 amide bonds. The van der Waals surface area contributed by atoms with Crippen LogP contribution in [0.2, 0.25) is 0 Å². The molecule has 2 rings (SSSR count). The molecule has 0 bridgehead atoms. The van der Waals surface area contributed by atoms with E-state index >= 15 is 0 Å². The van der Waals surface area contributed by atoms with Gasteiger partial charge in [-0.15, -0.1) is 0 Å². The zero-order chi connectivity index (χ0) is 15.2. The van der Waals surface area contributed by atoms with Gasteiger partial charge in [-0.05, 0) is 38.1 Å². The summed E-state index contributed by atoms with van der Waals surface area (Å²) in [7, 11) is 1.62. The standard InChI is InChI=1S/C17H18N2O2/c1-12-6-4-8-15(10-12)17(20)19-18-13(2)14-7-5-9-16(11-14)21-3/h4-11H,1-3H3,(H,19,20). The lowest BCUT2D eigenvalue weighted by molar-refractivity contribution is 0.0954. The van der Waals surface area contributed by atoms with Gasteiger partial charge >= 0.3 is 0 Å². The number of hydrogen-bond acceptors (Lipinski definition) is 3. The number of benzene rings is 2. The van der Waals surface area contributed by atoms with Gasteiger partial charge in [-0.25, -0.2) is 5.43 Å². The molecule has 0 saturated heterocycles. The normalized spacial score (nSPS) is 11.1. The van der Waals surface area contributed by atoms with Crippen molar-refractivity contribution in [2.45, 2.75) is 13.8 Å². The molecule has 4 heteroatoms. The maximum Gasteiger partial charge on any atom is 0.271 e. The molecule has 1 N–H and O–H groups in total. The minimum absolute atomic E-state index is 0.221. The first-order valence-corrected chi connectivity index (χ1v) is 6.66. The molecule has 2 aromatic rings. The summed E-state index contributed by atoms with van der Waals surface area (Å²) >= 11 is 0. The minimum atomic E-state index is -0.221. The third-order valence-electron chi connectivity index (χ3n) is 3.09. The predicted octanol–water partition coefficient (Wildman–Crippen LogP) is 3.16. The molecule has 0 unspecified atom stereocenters. The number of carbonyl (C=O) groups is 1. The Bertz CT molecular complexity index is 678. The number of hydrazone groups is 1. The molecule has 0 aliphatic carbocycles. The second kappa shape index (κ2) is 6.70. The highest BCUT2D eigenvalue weighted by Crippen LogP contribution is 2.13. The van der Waals surface area contributed by atoms with Crippen molar-refractivity contribution in [1.82, 2.24) is 5.43 Å². The zero-order valence-electron chi connectivity index (χ0n) is 12.4. The van der Waals surface area contributed by atoms with Gasteiger partial charge in [0.25, 0.3) is 5.91 Å². The molecule has 0 saturated carbocycles. The van der Waals surface area contributed by atoms with Crippen LogP contribution in [0.15, 0.2) is 53.6 Å². The Labute approximate surface area is 124 Å². The van der Waals surface area contributed by atoms with Gasteiger partial charge in [0, 0.05) is 11.1 Å². The van der Waals surface area contributed by atoms with Crippen LogP contribution >= 0.6 is 0 Å². The Kier molecular flexibility index (Phi) is 4.72. The quantitative estimate of drug-likeness (QED) is 0.691. The molecule has 0 aliphatic rings. The summed E-state index contributed by atoms with van der Waals surface area (Å²) in [6.45, 7) is 3.78. The predicted molar refractivity (Wildman–Crippen MR) is 83.9 cm³/mol. The number of aryl methyl sites for hydroxylation is 1. The molecule has 0 heterocycles. The Morgan fingerprint density at radius 3 is 2.52 bits per heavy atom. The number of nitrogens with zero attached hydrogens (tertiary/aromatic N) is 1. The van der Waals surface area contributed by atoms with Crippen molar-refractivity contribution in [3.63, 3.8) is 0 Å². The van der Waals surface area contributed by atoms with Crippen LogP contribution < -0.4 is 10.2 Å². The topological polar surface area (TPSA) is 50.7 Å². The Hall–Kier alpha value is -2.62. The lowest BCUT2D eigenvalue weighted by atomic mass is 10.1. The van der Waals surface area contributed by atoms with Gasteiger partial charge in [0.05, 0.1) is 12.8 Å². The van der Waals surface area contributed by atoms with Gasteiger partial charge in [0.2, 0.25) is 0 Å². The van der Waals surface area contributed by atoms with Crippen molar-refractivity contribution < 1.29 is 9.53 Å². The fraction of sp³-hybridized carbons (Fsp3) is 0.176. The molecule has 0 aliphatic heterocycles. The minimum Gasteiger partial charge on any atom is -0.497 e. The fourth-order valence-electron chi connectivity index (χ4n) is 1.90. The van der Waals surface area contributed by atoms with E-state index in [1.807, 2.05) is 56.3 Å². The summed E-state index contributed by atoms with van der Waals surface area (Å²) < 4.78 is 5.17. The van der Waals surface area contributed by atoms with E-state index in [0.717, 1.165) is 22.6 Å². The van der Waals surface area contributed by atoms with Gasteiger partial charge in [-0.1, -0.05) is 29.8 Å². The van der Waals surface area contributed by atoms with E-state index < -0.39 is 0 Å². The van der Waals surface area contributed by atoms with E-state index in [1.165, 1.54) is 0 Å². The lowest BCUT2D eigenvalue weighted by Gasteiger charge is -2.05. The third kappa shape index (κ3) is 3.92. The Balaban J connectivity index is 2.11. The van der Waals surface area contributed by atoms with E-state index in [0.29, 0.717) is 5.56 Å². The summed E-state index contributed by atoms with van der Waals surface area (Å²) in [5.74, 6) is 0.535. The van der Waals surface area contributed by atoms with E-state index in [4.69, 9.17) is 4.74 Å². The van der Waals surface area contributed by atoms with Crippen molar-refractivity contribution in [3.05, 3.63) is 65.2 Å². The highest BCUT2D eigenvalue weighted by Gasteiger charge is 2.05. The Morgan fingerprint density at radius 1 is 1.10 bits per heavy atom. The number of methoxy groups -OCH3 is 1. The second-order valence-corrected chi connectivity index (χ2v) is 4.74. The summed E-state index contributed by atoms with van der Waals surface area (Å²) in [5.41, 5.74) is 5.82. The Morgan fingerprint density at radius 2 is 1.81 bits per heavy atom. The van der Waals surface area contributed by atoms with Gasteiger partial charge in [-0.2, -0.15) is 5.10 Å². The van der Waals surface area contributed by atoms with Crippen LogP contribution in [0.5, 0.6) is 5.75 Å². The summed E-state index contributed by atoms with van der Waals surface area (Å²) in [5, 5.41) is 4.14. The van der Waals surface area contributed by atoms with Crippen LogP contribution in [0.3, 0.4) is 0 Å². The molecule has 4 nitrogen and oxygen atoms in total. The van der Waals surface area contributed by atoms with Crippen molar-refractivity contribution in [1.29, 1.82) is 0 Å². The average Bonchev–Trinajstić information content (AvgIpc) is 2.52. The summed E-state index contributed by atoms with van der Waals surface area (Å²) in [6, 6.07) is 14.9. The molecule has 0 spiro atoms. The first-order valence-electron chi connectivity index (χ1n) is 6.66. The van der Waals surface area contributed by atoms with Crippen molar-refractivity contribution in [3.8, 4) is 5.75 Å². The highest BCUT2D eigenvalue weighted by molar-refractivity contribution is 6.01. The van der Waals surface area contributed by atoms with Crippen LogP contribution in [-0.2, 0) is 0 Å². The van der Waals surface area contributed by atoms with E-state index in [2.05, 4.69) is 10.5 Å². The number of hydrogen-bond donors (Lipinski definition) is 1. The summed E-state index contributed by atoms with van der Waals surface area (Å²) in [6.07, 6.45) is 0. The van der Waals surface area contributed by atoms with Crippen LogP contribution in [0, 0.1) is 6.92 Å². The van der Waals surface area contributed by atoms with Crippen molar-refractivity contribution >= 4 is 11.6 Å². The second-order valence-electron chi connectivity index (χ2n) is 4.74. The number of rotatable bonds is 4.